The molecule has 0 radical (unpaired) electrons. The first-order valence-corrected chi connectivity index (χ1v) is 9.26. The largest absolute Gasteiger partial charge is 0.348 e. The van der Waals surface area contributed by atoms with Gasteiger partial charge in [0.05, 0.1) is 18.1 Å². The first-order chi connectivity index (χ1) is 11.6. The summed E-state index contributed by atoms with van der Waals surface area (Å²) in [5.41, 5.74) is 3.24. The molecule has 0 aromatic carbocycles. The SMILES string of the molecule is CC[C@@H](c1cccnc1)N(C)C(=O)NCCSCc1nc[nH]c1C. The van der Waals surface area contributed by atoms with E-state index in [1.54, 1.807) is 29.2 Å². The maximum Gasteiger partial charge on any atom is 0.317 e. The Balaban J connectivity index is 1.74. The number of amides is 2. The number of H-pyrrole nitrogens is 1. The molecule has 2 rings (SSSR count). The normalized spacial score (nSPS) is 12.0. The highest BCUT2D eigenvalue weighted by molar-refractivity contribution is 7.98. The van der Waals surface area contributed by atoms with Gasteiger partial charge in [0.15, 0.2) is 0 Å². The fraction of sp³-hybridized carbons (Fsp3) is 0.471. The van der Waals surface area contributed by atoms with Crippen LogP contribution in [0.25, 0.3) is 0 Å². The van der Waals surface area contributed by atoms with Gasteiger partial charge in [-0.25, -0.2) is 9.78 Å². The van der Waals surface area contributed by atoms with E-state index in [-0.39, 0.29) is 12.1 Å². The van der Waals surface area contributed by atoms with Crippen LogP contribution in [0.15, 0.2) is 30.9 Å². The molecule has 130 valence electrons. The average molecular weight is 347 g/mol. The van der Waals surface area contributed by atoms with Crippen molar-refractivity contribution in [1.82, 2.24) is 25.2 Å². The number of thioether (sulfide) groups is 1. The number of nitrogens with zero attached hydrogens (tertiary/aromatic N) is 3. The summed E-state index contributed by atoms with van der Waals surface area (Å²) in [5.74, 6) is 1.71. The third kappa shape index (κ3) is 4.99. The Kier molecular flexibility index (Phi) is 7.11. The van der Waals surface area contributed by atoms with Crippen molar-refractivity contribution in [3.8, 4) is 0 Å². The highest BCUT2D eigenvalue weighted by Crippen LogP contribution is 2.21. The minimum absolute atomic E-state index is 0.0399. The lowest BCUT2D eigenvalue weighted by Crippen LogP contribution is -2.40. The van der Waals surface area contributed by atoms with Gasteiger partial charge in [-0.1, -0.05) is 13.0 Å². The number of pyridine rings is 1. The summed E-state index contributed by atoms with van der Waals surface area (Å²) in [6.07, 6.45) is 6.13. The van der Waals surface area contributed by atoms with Crippen LogP contribution in [-0.4, -0.2) is 45.2 Å². The number of urea groups is 1. The number of imidazole rings is 1. The van der Waals surface area contributed by atoms with Crippen LogP contribution < -0.4 is 5.32 Å². The van der Waals surface area contributed by atoms with Gasteiger partial charge in [0.25, 0.3) is 0 Å². The zero-order valence-electron chi connectivity index (χ0n) is 14.5. The minimum Gasteiger partial charge on any atom is -0.348 e. The number of aromatic amines is 1. The summed E-state index contributed by atoms with van der Waals surface area (Å²) in [5, 5.41) is 2.98. The molecule has 0 saturated heterocycles. The Morgan fingerprint density at radius 1 is 1.50 bits per heavy atom. The summed E-state index contributed by atoms with van der Waals surface area (Å²) >= 11 is 1.76. The molecule has 0 aliphatic rings. The van der Waals surface area contributed by atoms with Crippen LogP contribution >= 0.6 is 11.8 Å². The molecule has 0 saturated carbocycles. The summed E-state index contributed by atoms with van der Waals surface area (Å²) in [6, 6.07) is 3.89. The third-order valence-corrected chi connectivity index (χ3v) is 4.91. The fourth-order valence-corrected chi connectivity index (χ4v) is 3.38. The second-order valence-electron chi connectivity index (χ2n) is 5.58. The van der Waals surface area contributed by atoms with E-state index < -0.39 is 0 Å². The Hall–Kier alpha value is -2.02. The van der Waals surface area contributed by atoms with E-state index in [2.05, 4.69) is 27.2 Å². The number of hydrogen-bond donors (Lipinski definition) is 2. The molecule has 0 unspecified atom stereocenters. The van der Waals surface area contributed by atoms with Crippen molar-refractivity contribution in [2.24, 2.45) is 0 Å². The first kappa shape index (κ1) is 18.3. The first-order valence-electron chi connectivity index (χ1n) is 8.10. The molecular formula is C17H25N5OS. The predicted molar refractivity (Wildman–Crippen MR) is 97.9 cm³/mol. The number of nitrogens with one attached hydrogen (secondary N) is 2. The molecule has 2 heterocycles. The maximum atomic E-state index is 12.3. The van der Waals surface area contributed by atoms with E-state index in [4.69, 9.17) is 0 Å². The molecule has 0 aliphatic heterocycles. The maximum absolute atomic E-state index is 12.3. The topological polar surface area (TPSA) is 73.9 Å². The van der Waals surface area contributed by atoms with Gasteiger partial charge in [-0.2, -0.15) is 11.8 Å². The predicted octanol–water partition coefficient (Wildman–Crippen LogP) is 3.14. The van der Waals surface area contributed by atoms with E-state index >= 15 is 0 Å². The molecule has 0 spiro atoms. The van der Waals surface area contributed by atoms with Crippen LogP contribution in [0.5, 0.6) is 0 Å². The summed E-state index contributed by atoms with van der Waals surface area (Å²) in [6.45, 7) is 4.73. The Morgan fingerprint density at radius 2 is 2.33 bits per heavy atom. The number of aromatic nitrogens is 3. The molecule has 2 aromatic heterocycles. The molecule has 2 amide bonds. The average Bonchev–Trinajstić information content (AvgIpc) is 3.01. The zero-order valence-corrected chi connectivity index (χ0v) is 15.3. The van der Waals surface area contributed by atoms with Crippen LogP contribution in [0.2, 0.25) is 0 Å². The molecular weight excluding hydrogens is 322 g/mol. The van der Waals surface area contributed by atoms with Crippen LogP contribution in [-0.2, 0) is 5.75 Å². The summed E-state index contributed by atoms with van der Waals surface area (Å²) in [7, 11) is 1.83. The van der Waals surface area contributed by atoms with E-state index in [9.17, 15) is 4.79 Å². The lowest BCUT2D eigenvalue weighted by molar-refractivity contribution is 0.189. The number of carbonyl (C=O) groups is 1. The molecule has 24 heavy (non-hydrogen) atoms. The van der Waals surface area contributed by atoms with Gasteiger partial charge in [0.1, 0.15) is 0 Å². The van der Waals surface area contributed by atoms with Gasteiger partial charge < -0.3 is 15.2 Å². The van der Waals surface area contributed by atoms with E-state index in [1.165, 1.54) is 0 Å². The van der Waals surface area contributed by atoms with Crippen molar-refractivity contribution in [2.75, 3.05) is 19.3 Å². The van der Waals surface area contributed by atoms with Crippen LogP contribution in [0.3, 0.4) is 0 Å². The highest BCUT2D eigenvalue weighted by atomic mass is 32.2. The number of rotatable bonds is 8. The van der Waals surface area contributed by atoms with E-state index in [0.717, 1.165) is 34.9 Å². The summed E-state index contributed by atoms with van der Waals surface area (Å²) in [4.78, 5) is 25.6. The number of aryl methyl sites for hydroxylation is 1. The quantitative estimate of drug-likeness (QED) is 0.720. The van der Waals surface area contributed by atoms with E-state index in [0.29, 0.717) is 6.54 Å². The lowest BCUT2D eigenvalue weighted by Gasteiger charge is -2.27. The molecule has 6 nitrogen and oxygen atoms in total. The third-order valence-electron chi connectivity index (χ3n) is 3.94. The molecule has 1 atom stereocenters. The Labute approximate surface area is 147 Å². The van der Waals surface area contributed by atoms with Gasteiger partial charge in [-0.15, -0.1) is 0 Å². The monoisotopic (exact) mass is 347 g/mol. The standard InChI is InChI=1S/C17H25N5OS/c1-4-16(14-6-5-7-18-10-14)22(3)17(23)19-8-9-24-11-15-13(2)20-12-21-15/h5-7,10,12,16H,4,8-9,11H2,1-3H3,(H,19,23)(H,20,21)/t16-/m0/s1. The van der Waals surface area contributed by atoms with Crippen molar-refractivity contribution in [3.05, 3.63) is 47.8 Å². The Bertz CT molecular complexity index is 631. The van der Waals surface area contributed by atoms with E-state index in [1.807, 2.05) is 32.3 Å². The van der Waals surface area contributed by atoms with Crippen LogP contribution in [0, 0.1) is 6.92 Å². The molecule has 7 heteroatoms. The molecule has 2 N–H and O–H groups in total. The van der Waals surface area contributed by atoms with Gasteiger partial charge in [0, 0.05) is 43.2 Å². The number of carbonyl (C=O) groups excluding carboxylic acids is 1. The lowest BCUT2D eigenvalue weighted by atomic mass is 10.1. The molecule has 2 aromatic rings. The molecule has 0 bridgehead atoms. The summed E-state index contributed by atoms with van der Waals surface area (Å²) < 4.78 is 0. The van der Waals surface area contributed by atoms with Gasteiger partial charge in [-0.3, -0.25) is 4.98 Å². The van der Waals surface area contributed by atoms with Gasteiger partial charge >= 0.3 is 6.03 Å². The van der Waals surface area contributed by atoms with Gasteiger partial charge in [0.2, 0.25) is 0 Å². The Morgan fingerprint density at radius 3 is 2.96 bits per heavy atom. The van der Waals surface area contributed by atoms with Crippen LogP contribution in [0.1, 0.15) is 36.3 Å². The van der Waals surface area contributed by atoms with Crippen LogP contribution in [0.4, 0.5) is 4.79 Å². The van der Waals surface area contributed by atoms with Gasteiger partial charge in [-0.05, 0) is 25.0 Å². The number of hydrogen-bond acceptors (Lipinski definition) is 4. The molecule has 0 aliphatic carbocycles. The van der Waals surface area contributed by atoms with Crippen molar-refractivity contribution >= 4 is 17.8 Å². The fourth-order valence-electron chi connectivity index (χ4n) is 2.50. The molecule has 0 fully saturated rings. The van der Waals surface area contributed by atoms with Crippen molar-refractivity contribution in [1.29, 1.82) is 0 Å². The second kappa shape index (κ2) is 9.32. The minimum atomic E-state index is -0.0535. The highest BCUT2D eigenvalue weighted by Gasteiger charge is 2.19. The second-order valence-corrected chi connectivity index (χ2v) is 6.69. The van der Waals surface area contributed by atoms with Crippen molar-refractivity contribution in [3.63, 3.8) is 0 Å². The van der Waals surface area contributed by atoms with Crippen molar-refractivity contribution < 1.29 is 4.79 Å². The zero-order chi connectivity index (χ0) is 17.4. The smallest absolute Gasteiger partial charge is 0.317 e. The van der Waals surface area contributed by atoms with Crippen molar-refractivity contribution in [2.45, 2.75) is 32.1 Å².